The molecule has 1 nitrogen and oxygen atoms in total. The van der Waals surface area contributed by atoms with Crippen LogP contribution in [0.4, 0.5) is 0 Å². The van der Waals surface area contributed by atoms with E-state index >= 15 is 0 Å². The Morgan fingerprint density at radius 3 is 1.00 bits per heavy atom. The minimum atomic E-state index is 0. The molecule has 0 aliphatic heterocycles. The van der Waals surface area contributed by atoms with Crippen molar-refractivity contribution in [3.8, 4) is 0 Å². The normalized spacial score (nSPS) is 0. The lowest BCUT2D eigenvalue weighted by Gasteiger charge is -0.412. The molecule has 2 N–H and O–H groups in total. The van der Waals surface area contributed by atoms with Crippen LogP contribution in [0.15, 0.2) is 0 Å². The monoisotopic (exact) mass is 79.0 g/mol. The van der Waals surface area contributed by atoms with Crippen LogP contribution in [0.1, 0.15) is 7.43 Å². The number of rotatable bonds is 0. The van der Waals surface area contributed by atoms with Gasteiger partial charge in [-0.05, 0) is 0 Å². The molecule has 0 aliphatic carbocycles. The van der Waals surface area contributed by atoms with Gasteiger partial charge in [0, 0.05) is 8.41 Å². The molecule has 0 rings (SSSR count). The van der Waals surface area contributed by atoms with Crippen molar-refractivity contribution in [1.82, 2.24) is 0 Å². The summed E-state index contributed by atoms with van der Waals surface area (Å²) in [7, 11) is 0. The zero-order valence-corrected chi connectivity index (χ0v) is 3.20. The SMILES string of the molecule is C.O.P.[B]. The summed E-state index contributed by atoms with van der Waals surface area (Å²) in [6.45, 7) is 0. The van der Waals surface area contributed by atoms with Crippen molar-refractivity contribution in [2.24, 2.45) is 0 Å². The molecule has 0 spiro atoms. The van der Waals surface area contributed by atoms with Crippen molar-refractivity contribution in [1.29, 1.82) is 0 Å². The van der Waals surface area contributed by atoms with E-state index in [-0.39, 0.29) is 31.2 Å². The first-order valence-corrected chi connectivity index (χ1v) is 0. The van der Waals surface area contributed by atoms with E-state index in [1.54, 1.807) is 0 Å². The average Bonchev–Trinajstić information content (AvgIpc) is 0. The molecule has 0 saturated carbocycles. The van der Waals surface area contributed by atoms with Gasteiger partial charge in [-0.25, -0.2) is 0 Å². The van der Waals surface area contributed by atoms with Gasteiger partial charge in [0.2, 0.25) is 0 Å². The smallest absolute Gasteiger partial charge is 0 e. The first kappa shape index (κ1) is 257. The molecule has 3 radical (unpaired) electrons. The fourth-order valence-corrected chi connectivity index (χ4v) is 0. The summed E-state index contributed by atoms with van der Waals surface area (Å²) in [6, 6.07) is 0. The standard InChI is InChI=1S/CH4.B.H2O.H3P/h1H4;;1H2;1H3. The van der Waals surface area contributed by atoms with E-state index in [1.807, 2.05) is 0 Å². The molecule has 0 aromatic carbocycles. The fourth-order valence-electron chi connectivity index (χ4n) is 0. The van der Waals surface area contributed by atoms with Crippen molar-refractivity contribution in [2.45, 2.75) is 7.43 Å². The number of hydrogen-bond acceptors (Lipinski definition) is 0. The van der Waals surface area contributed by atoms with Crippen molar-refractivity contribution in [2.75, 3.05) is 0 Å². The summed E-state index contributed by atoms with van der Waals surface area (Å²) < 4.78 is 0. The van der Waals surface area contributed by atoms with Gasteiger partial charge < -0.3 is 5.48 Å². The Kier molecular flexibility index (Phi) is 6460. The summed E-state index contributed by atoms with van der Waals surface area (Å²) in [5, 5.41) is 0. The fraction of sp³-hybridized carbons (Fsp3) is 1.00. The van der Waals surface area contributed by atoms with Crippen LogP contribution in [0.25, 0.3) is 0 Å². The van der Waals surface area contributed by atoms with Crippen LogP contribution in [-0.2, 0) is 0 Å². The predicted octanol–water partition coefficient (Wildman–Crippen LogP) is -0.511. The van der Waals surface area contributed by atoms with Crippen molar-refractivity contribution < 1.29 is 5.48 Å². The van der Waals surface area contributed by atoms with Gasteiger partial charge in [0.25, 0.3) is 0 Å². The third-order valence-electron chi connectivity index (χ3n) is 0. The van der Waals surface area contributed by atoms with Gasteiger partial charge in [-0.2, -0.15) is 9.90 Å². The van der Waals surface area contributed by atoms with Gasteiger partial charge in [-0.3, -0.25) is 0 Å². The second kappa shape index (κ2) is 101. The van der Waals surface area contributed by atoms with Crippen molar-refractivity contribution >= 4 is 18.3 Å². The van der Waals surface area contributed by atoms with Crippen LogP contribution >= 0.6 is 9.90 Å². The quantitative estimate of drug-likeness (QED) is 0.276. The molecular weight excluding hydrogens is 69.8 g/mol. The Bertz CT molecular complexity index is 8.00. The molecule has 0 heterocycles. The van der Waals surface area contributed by atoms with Gasteiger partial charge in [0.05, 0.1) is 0 Å². The van der Waals surface area contributed by atoms with E-state index in [4.69, 9.17) is 0 Å². The van der Waals surface area contributed by atoms with Crippen molar-refractivity contribution in [3.63, 3.8) is 0 Å². The highest BCUT2D eigenvalue weighted by atomic mass is 31.0. The Labute approximate surface area is 32.3 Å². The van der Waals surface area contributed by atoms with E-state index in [9.17, 15) is 0 Å². The molecule has 27 valence electrons. The summed E-state index contributed by atoms with van der Waals surface area (Å²) >= 11 is 0. The highest BCUT2D eigenvalue weighted by molar-refractivity contribution is 6.92. The highest BCUT2D eigenvalue weighted by Crippen LogP contribution is 0.861. The Hall–Kier alpha value is 0.455. The van der Waals surface area contributed by atoms with Crippen LogP contribution in [0.5, 0.6) is 0 Å². The number of hydrogen-bond donors (Lipinski definition) is 0. The molecule has 1 unspecified atom stereocenters. The lowest BCUT2D eigenvalue weighted by atomic mass is 10.8. The largest absolute Gasteiger partial charge is 0.412 e. The molecule has 0 aliphatic rings. The molecule has 0 aromatic rings. The minimum absolute atomic E-state index is 0. The van der Waals surface area contributed by atoms with E-state index in [0.717, 1.165) is 0 Å². The zero-order valence-electron chi connectivity index (χ0n) is 1.78. The average molecular weight is 78.9 g/mol. The summed E-state index contributed by atoms with van der Waals surface area (Å²) in [4.78, 5) is 0. The molecule has 0 fully saturated rings. The van der Waals surface area contributed by atoms with Crippen LogP contribution in [0.3, 0.4) is 0 Å². The zero-order chi connectivity index (χ0) is 0. The van der Waals surface area contributed by atoms with Crippen LogP contribution < -0.4 is 0 Å². The highest BCUT2D eigenvalue weighted by Gasteiger charge is 0.0000221. The maximum atomic E-state index is 0. The molecule has 4 heavy (non-hydrogen) atoms. The van der Waals surface area contributed by atoms with Gasteiger partial charge in [-0.15, -0.1) is 0 Å². The van der Waals surface area contributed by atoms with E-state index in [0.29, 0.717) is 0 Å². The van der Waals surface area contributed by atoms with Gasteiger partial charge in [0.15, 0.2) is 0 Å². The topological polar surface area (TPSA) is 31.5 Å². The first-order chi connectivity index (χ1) is 0. The molecule has 0 amide bonds. The third kappa shape index (κ3) is 25.1. The van der Waals surface area contributed by atoms with Crippen LogP contribution in [-0.4, -0.2) is 13.9 Å². The Balaban J connectivity index is 0. The van der Waals surface area contributed by atoms with Crippen LogP contribution in [0.2, 0.25) is 0 Å². The first-order valence-electron chi connectivity index (χ1n) is 0. The molecule has 3 heteroatoms. The van der Waals surface area contributed by atoms with Gasteiger partial charge in [0.1, 0.15) is 0 Å². The van der Waals surface area contributed by atoms with Crippen molar-refractivity contribution in [3.05, 3.63) is 0 Å². The van der Waals surface area contributed by atoms with Crippen LogP contribution in [0, 0.1) is 0 Å². The van der Waals surface area contributed by atoms with E-state index in [2.05, 4.69) is 0 Å². The summed E-state index contributed by atoms with van der Waals surface area (Å²) in [6.07, 6.45) is 0. The lowest BCUT2D eigenvalue weighted by Crippen LogP contribution is -0.381. The Morgan fingerprint density at radius 2 is 1.00 bits per heavy atom. The lowest BCUT2D eigenvalue weighted by molar-refractivity contribution is 0.824. The minimum Gasteiger partial charge on any atom is -0.412 e. The Morgan fingerprint density at radius 1 is 1.00 bits per heavy atom. The molecular formula is CH9BOP. The third-order valence-corrected chi connectivity index (χ3v) is 0. The maximum Gasteiger partial charge on any atom is 0 e. The maximum absolute atomic E-state index is 0. The second-order valence-corrected chi connectivity index (χ2v) is 0. The summed E-state index contributed by atoms with van der Waals surface area (Å²) in [5.41, 5.74) is 0. The van der Waals surface area contributed by atoms with E-state index in [1.165, 1.54) is 0 Å². The summed E-state index contributed by atoms with van der Waals surface area (Å²) in [5.74, 6) is 0. The molecule has 0 saturated heterocycles. The van der Waals surface area contributed by atoms with Gasteiger partial charge in [-0.1, -0.05) is 7.43 Å². The molecule has 0 aromatic heterocycles. The predicted molar refractivity (Wildman–Crippen MR) is 27.2 cm³/mol. The molecule has 0 bridgehead atoms. The van der Waals surface area contributed by atoms with Gasteiger partial charge >= 0.3 is 0 Å². The molecule has 1 atom stereocenters. The second-order valence-electron chi connectivity index (χ2n) is 0. The van der Waals surface area contributed by atoms with E-state index < -0.39 is 0 Å².